The predicted molar refractivity (Wildman–Crippen MR) is 81.9 cm³/mol. The fraction of sp³-hybridized carbons (Fsp3) is 0.333. The lowest BCUT2D eigenvalue weighted by molar-refractivity contribution is 0.415. The lowest BCUT2D eigenvalue weighted by Gasteiger charge is -2.21. The van der Waals surface area contributed by atoms with E-state index in [4.69, 9.17) is 4.74 Å². The summed E-state index contributed by atoms with van der Waals surface area (Å²) in [6, 6.07) is 9.74. The van der Waals surface area contributed by atoms with Crippen LogP contribution in [0.15, 0.2) is 36.5 Å². The van der Waals surface area contributed by atoms with Gasteiger partial charge in [0, 0.05) is 19.8 Å². The van der Waals surface area contributed by atoms with Crippen molar-refractivity contribution in [1.29, 1.82) is 0 Å². The average molecular weight is 272 g/mol. The van der Waals surface area contributed by atoms with Gasteiger partial charge in [-0.25, -0.2) is 4.98 Å². The first-order valence-corrected chi connectivity index (χ1v) is 6.70. The summed E-state index contributed by atoms with van der Waals surface area (Å²) in [4.78, 5) is 10.7. The molecular formula is C15H20N4O. The van der Waals surface area contributed by atoms with E-state index in [0.717, 1.165) is 30.2 Å². The van der Waals surface area contributed by atoms with Crippen LogP contribution in [0.2, 0.25) is 0 Å². The van der Waals surface area contributed by atoms with Crippen LogP contribution >= 0.6 is 0 Å². The molecular weight excluding hydrogens is 252 g/mol. The smallest absolute Gasteiger partial charge is 0.224 e. The maximum Gasteiger partial charge on any atom is 0.224 e. The van der Waals surface area contributed by atoms with Gasteiger partial charge in [0.2, 0.25) is 5.95 Å². The molecule has 0 amide bonds. The SMILES string of the molecule is CCCNc1nccc(N(C)c2ccccc2OC)n1. The van der Waals surface area contributed by atoms with Crippen LogP contribution in [0.25, 0.3) is 0 Å². The van der Waals surface area contributed by atoms with Crippen molar-refractivity contribution in [1.82, 2.24) is 9.97 Å². The lowest BCUT2D eigenvalue weighted by atomic mass is 10.2. The number of anilines is 3. The Kier molecular flexibility index (Phi) is 4.76. The van der Waals surface area contributed by atoms with Crippen LogP contribution in [-0.2, 0) is 0 Å². The topological polar surface area (TPSA) is 50.3 Å². The first kappa shape index (κ1) is 14.1. The molecule has 0 spiro atoms. The van der Waals surface area contributed by atoms with E-state index in [1.807, 2.05) is 42.3 Å². The summed E-state index contributed by atoms with van der Waals surface area (Å²) < 4.78 is 5.38. The number of nitrogens with one attached hydrogen (secondary N) is 1. The molecule has 20 heavy (non-hydrogen) atoms. The zero-order valence-electron chi connectivity index (χ0n) is 12.1. The molecule has 5 heteroatoms. The molecule has 0 aliphatic carbocycles. The number of ether oxygens (including phenoxy) is 1. The summed E-state index contributed by atoms with van der Waals surface area (Å²) >= 11 is 0. The average Bonchev–Trinajstić information content (AvgIpc) is 2.52. The Hall–Kier alpha value is -2.30. The van der Waals surface area contributed by atoms with Crippen molar-refractivity contribution >= 4 is 17.5 Å². The van der Waals surface area contributed by atoms with Crippen LogP contribution in [0.4, 0.5) is 17.5 Å². The highest BCUT2D eigenvalue weighted by Crippen LogP contribution is 2.31. The molecule has 0 bridgehead atoms. The van der Waals surface area contributed by atoms with Gasteiger partial charge in [-0.2, -0.15) is 4.98 Å². The Morgan fingerprint density at radius 1 is 1.25 bits per heavy atom. The van der Waals surface area contributed by atoms with E-state index in [0.29, 0.717) is 5.95 Å². The van der Waals surface area contributed by atoms with Crippen LogP contribution in [0, 0.1) is 0 Å². The normalized spacial score (nSPS) is 10.2. The van der Waals surface area contributed by atoms with E-state index in [9.17, 15) is 0 Å². The van der Waals surface area contributed by atoms with E-state index in [2.05, 4.69) is 22.2 Å². The van der Waals surface area contributed by atoms with Gasteiger partial charge < -0.3 is 15.0 Å². The molecule has 0 radical (unpaired) electrons. The Bertz CT molecular complexity index is 559. The van der Waals surface area contributed by atoms with Crippen molar-refractivity contribution in [2.45, 2.75) is 13.3 Å². The molecule has 0 fully saturated rings. The minimum atomic E-state index is 0.645. The standard InChI is InChI=1S/C15H20N4O/c1-4-10-16-15-17-11-9-14(18-15)19(2)12-7-5-6-8-13(12)20-3/h5-9,11H,4,10H2,1-3H3,(H,16,17,18). The van der Waals surface area contributed by atoms with Crippen LogP contribution in [0.5, 0.6) is 5.75 Å². The minimum absolute atomic E-state index is 0.645. The molecule has 1 aromatic heterocycles. The number of hydrogen-bond acceptors (Lipinski definition) is 5. The maximum absolute atomic E-state index is 5.38. The number of benzene rings is 1. The number of hydrogen-bond donors (Lipinski definition) is 1. The number of rotatable bonds is 6. The second-order valence-corrected chi connectivity index (χ2v) is 4.40. The maximum atomic E-state index is 5.38. The van der Waals surface area contributed by atoms with E-state index < -0.39 is 0 Å². The van der Waals surface area contributed by atoms with Gasteiger partial charge in [0.15, 0.2) is 0 Å². The van der Waals surface area contributed by atoms with Crippen LogP contribution in [0.1, 0.15) is 13.3 Å². The highest BCUT2D eigenvalue weighted by Gasteiger charge is 2.11. The van der Waals surface area contributed by atoms with E-state index in [1.165, 1.54) is 0 Å². The molecule has 0 unspecified atom stereocenters. The molecule has 0 saturated heterocycles. The number of para-hydroxylation sites is 2. The Labute approximate surface area is 119 Å². The van der Waals surface area contributed by atoms with E-state index in [-0.39, 0.29) is 0 Å². The summed E-state index contributed by atoms with van der Waals surface area (Å²) in [5, 5.41) is 3.19. The van der Waals surface area contributed by atoms with Crippen molar-refractivity contribution in [3.63, 3.8) is 0 Å². The van der Waals surface area contributed by atoms with Gasteiger partial charge in [-0.3, -0.25) is 0 Å². The van der Waals surface area contributed by atoms with Gasteiger partial charge >= 0.3 is 0 Å². The zero-order chi connectivity index (χ0) is 14.4. The van der Waals surface area contributed by atoms with E-state index in [1.54, 1.807) is 13.3 Å². The summed E-state index contributed by atoms with van der Waals surface area (Å²) in [6.07, 6.45) is 2.79. The number of nitrogens with zero attached hydrogens (tertiary/aromatic N) is 3. The monoisotopic (exact) mass is 272 g/mol. The third kappa shape index (κ3) is 3.17. The largest absolute Gasteiger partial charge is 0.495 e. The van der Waals surface area contributed by atoms with Crippen LogP contribution in [-0.4, -0.2) is 30.7 Å². The number of aromatic nitrogens is 2. The van der Waals surface area contributed by atoms with Gasteiger partial charge in [0.05, 0.1) is 12.8 Å². The van der Waals surface area contributed by atoms with Gasteiger partial charge in [0.25, 0.3) is 0 Å². The van der Waals surface area contributed by atoms with Gasteiger partial charge in [-0.05, 0) is 24.6 Å². The van der Waals surface area contributed by atoms with Gasteiger partial charge in [-0.15, -0.1) is 0 Å². The quantitative estimate of drug-likeness (QED) is 0.875. The molecule has 0 aliphatic heterocycles. The molecule has 2 aromatic rings. The lowest BCUT2D eigenvalue weighted by Crippen LogP contribution is -2.14. The molecule has 0 aliphatic rings. The summed E-state index contributed by atoms with van der Waals surface area (Å²) in [7, 11) is 3.63. The molecule has 0 atom stereocenters. The second-order valence-electron chi connectivity index (χ2n) is 4.40. The molecule has 2 rings (SSSR count). The van der Waals surface area contributed by atoms with Crippen molar-refractivity contribution in [3.8, 4) is 5.75 Å². The first-order chi connectivity index (χ1) is 9.76. The van der Waals surface area contributed by atoms with Crippen molar-refractivity contribution < 1.29 is 4.74 Å². The summed E-state index contributed by atoms with van der Waals surface area (Å²) in [5.74, 6) is 2.28. The predicted octanol–water partition coefficient (Wildman–Crippen LogP) is 3.08. The second kappa shape index (κ2) is 6.75. The minimum Gasteiger partial charge on any atom is -0.495 e. The fourth-order valence-corrected chi connectivity index (χ4v) is 1.89. The first-order valence-electron chi connectivity index (χ1n) is 6.70. The third-order valence-electron chi connectivity index (χ3n) is 2.96. The Balaban J connectivity index is 2.26. The molecule has 1 N–H and O–H groups in total. The Morgan fingerprint density at radius 2 is 2.05 bits per heavy atom. The van der Waals surface area contributed by atoms with Gasteiger partial charge in [0.1, 0.15) is 11.6 Å². The van der Waals surface area contributed by atoms with Crippen molar-refractivity contribution in [2.75, 3.05) is 30.9 Å². The molecule has 106 valence electrons. The highest BCUT2D eigenvalue weighted by molar-refractivity contribution is 5.66. The third-order valence-corrected chi connectivity index (χ3v) is 2.96. The van der Waals surface area contributed by atoms with Crippen molar-refractivity contribution in [2.24, 2.45) is 0 Å². The molecule has 1 heterocycles. The summed E-state index contributed by atoms with van der Waals surface area (Å²) in [6.45, 7) is 2.97. The van der Waals surface area contributed by atoms with Crippen molar-refractivity contribution in [3.05, 3.63) is 36.5 Å². The molecule has 1 aromatic carbocycles. The van der Waals surface area contributed by atoms with Crippen LogP contribution < -0.4 is 15.0 Å². The number of methoxy groups -OCH3 is 1. The Morgan fingerprint density at radius 3 is 2.80 bits per heavy atom. The molecule has 0 saturated carbocycles. The van der Waals surface area contributed by atoms with E-state index >= 15 is 0 Å². The molecule has 5 nitrogen and oxygen atoms in total. The van der Waals surface area contributed by atoms with Crippen LogP contribution in [0.3, 0.4) is 0 Å². The zero-order valence-corrected chi connectivity index (χ0v) is 12.1. The van der Waals surface area contributed by atoms with Gasteiger partial charge in [-0.1, -0.05) is 19.1 Å². The highest BCUT2D eigenvalue weighted by atomic mass is 16.5. The fourth-order valence-electron chi connectivity index (χ4n) is 1.89. The summed E-state index contributed by atoms with van der Waals surface area (Å²) in [5.41, 5.74) is 0.968.